The average molecular weight is 282 g/mol. The molecule has 110 valence electrons. The first-order valence-corrected chi connectivity index (χ1v) is 7.22. The molecule has 0 spiro atoms. The fourth-order valence-electron chi connectivity index (χ4n) is 2.22. The summed E-state index contributed by atoms with van der Waals surface area (Å²) in [6.07, 6.45) is 0.549. The molecule has 3 heteroatoms. The van der Waals surface area contributed by atoms with Crippen molar-refractivity contribution in [2.75, 3.05) is 0 Å². The number of benzene rings is 2. The van der Waals surface area contributed by atoms with E-state index in [-0.39, 0.29) is 11.9 Å². The van der Waals surface area contributed by atoms with E-state index < -0.39 is 6.04 Å². The number of hydrogen-bond acceptors (Lipinski definition) is 2. The van der Waals surface area contributed by atoms with Crippen LogP contribution in [0, 0.1) is 6.92 Å². The molecular formula is C18H22N2O. The molecule has 0 saturated heterocycles. The second kappa shape index (κ2) is 7.04. The highest BCUT2D eigenvalue weighted by Gasteiger charge is 2.16. The maximum atomic E-state index is 12.2. The van der Waals surface area contributed by atoms with E-state index in [9.17, 15) is 4.79 Å². The van der Waals surface area contributed by atoms with Crippen LogP contribution in [0.25, 0.3) is 0 Å². The third kappa shape index (κ3) is 4.43. The summed E-state index contributed by atoms with van der Waals surface area (Å²) in [6, 6.07) is 17.4. The molecule has 0 aliphatic heterocycles. The standard InChI is InChI=1S/C18H22N2O/c1-13-8-10-16(11-9-13)14(2)20-18(21)17(19)12-15-6-4-3-5-7-15/h3-11,14,17H,12,19H2,1-2H3,(H,20,21)/t14-,17?/m0/s1. The molecule has 0 fully saturated rings. The van der Waals surface area contributed by atoms with Gasteiger partial charge in [0.15, 0.2) is 0 Å². The van der Waals surface area contributed by atoms with Gasteiger partial charge in [-0.05, 0) is 31.4 Å². The van der Waals surface area contributed by atoms with E-state index in [4.69, 9.17) is 5.73 Å². The van der Waals surface area contributed by atoms with E-state index in [1.165, 1.54) is 5.56 Å². The first-order valence-electron chi connectivity index (χ1n) is 7.22. The topological polar surface area (TPSA) is 55.1 Å². The summed E-state index contributed by atoms with van der Waals surface area (Å²) < 4.78 is 0. The quantitative estimate of drug-likeness (QED) is 0.886. The third-order valence-corrected chi connectivity index (χ3v) is 3.57. The van der Waals surface area contributed by atoms with Crippen LogP contribution in [0.15, 0.2) is 54.6 Å². The average Bonchev–Trinajstić information content (AvgIpc) is 2.48. The van der Waals surface area contributed by atoms with E-state index in [1.54, 1.807) is 0 Å². The Labute approximate surface area is 126 Å². The van der Waals surface area contributed by atoms with Crippen molar-refractivity contribution in [1.29, 1.82) is 0 Å². The maximum absolute atomic E-state index is 12.2. The van der Waals surface area contributed by atoms with Gasteiger partial charge in [-0.15, -0.1) is 0 Å². The highest BCUT2D eigenvalue weighted by molar-refractivity contribution is 5.82. The van der Waals surface area contributed by atoms with Crippen LogP contribution in [0.3, 0.4) is 0 Å². The molecule has 0 aromatic heterocycles. The number of amides is 1. The Hall–Kier alpha value is -2.13. The molecule has 0 heterocycles. The van der Waals surface area contributed by atoms with E-state index in [2.05, 4.69) is 5.32 Å². The number of carbonyl (C=O) groups excluding carboxylic acids is 1. The van der Waals surface area contributed by atoms with Gasteiger partial charge in [-0.25, -0.2) is 0 Å². The highest BCUT2D eigenvalue weighted by Crippen LogP contribution is 2.13. The smallest absolute Gasteiger partial charge is 0.237 e. The minimum Gasteiger partial charge on any atom is -0.348 e. The van der Waals surface area contributed by atoms with Gasteiger partial charge in [-0.3, -0.25) is 4.79 Å². The van der Waals surface area contributed by atoms with Crippen molar-refractivity contribution in [2.45, 2.75) is 32.4 Å². The molecule has 0 aliphatic carbocycles. The van der Waals surface area contributed by atoms with Gasteiger partial charge >= 0.3 is 0 Å². The summed E-state index contributed by atoms with van der Waals surface area (Å²) in [5.41, 5.74) is 9.35. The molecular weight excluding hydrogens is 260 g/mol. The summed E-state index contributed by atoms with van der Waals surface area (Å²) >= 11 is 0. The Kier molecular flexibility index (Phi) is 5.12. The highest BCUT2D eigenvalue weighted by atomic mass is 16.2. The summed E-state index contributed by atoms with van der Waals surface area (Å²) in [6.45, 7) is 4.01. The number of rotatable bonds is 5. The zero-order valence-corrected chi connectivity index (χ0v) is 12.5. The van der Waals surface area contributed by atoms with Crippen LogP contribution >= 0.6 is 0 Å². The predicted octanol–water partition coefficient (Wildman–Crippen LogP) is 2.74. The van der Waals surface area contributed by atoms with Crippen LogP contribution in [-0.4, -0.2) is 11.9 Å². The largest absolute Gasteiger partial charge is 0.348 e. The molecule has 3 N–H and O–H groups in total. The summed E-state index contributed by atoms with van der Waals surface area (Å²) in [7, 11) is 0. The summed E-state index contributed by atoms with van der Waals surface area (Å²) in [5, 5.41) is 2.97. The van der Waals surface area contributed by atoms with Gasteiger partial charge in [-0.1, -0.05) is 60.2 Å². The van der Waals surface area contributed by atoms with Crippen molar-refractivity contribution in [3.05, 3.63) is 71.3 Å². The molecule has 0 bridgehead atoms. The lowest BCUT2D eigenvalue weighted by Gasteiger charge is -2.18. The second-order valence-electron chi connectivity index (χ2n) is 5.44. The Morgan fingerprint density at radius 1 is 1.10 bits per heavy atom. The molecule has 2 aromatic carbocycles. The van der Waals surface area contributed by atoms with Crippen LogP contribution < -0.4 is 11.1 Å². The van der Waals surface area contributed by atoms with Gasteiger partial charge in [0.05, 0.1) is 12.1 Å². The van der Waals surface area contributed by atoms with Crippen molar-refractivity contribution < 1.29 is 4.79 Å². The molecule has 0 saturated carbocycles. The SMILES string of the molecule is Cc1ccc([C@H](C)NC(=O)C(N)Cc2ccccc2)cc1. The maximum Gasteiger partial charge on any atom is 0.237 e. The molecule has 1 amide bonds. The van der Waals surface area contributed by atoms with Crippen LogP contribution in [0.1, 0.15) is 29.7 Å². The first-order chi connectivity index (χ1) is 10.1. The fourth-order valence-corrected chi connectivity index (χ4v) is 2.22. The monoisotopic (exact) mass is 282 g/mol. The normalized spacial score (nSPS) is 13.5. The van der Waals surface area contributed by atoms with Gasteiger partial charge in [-0.2, -0.15) is 0 Å². The van der Waals surface area contributed by atoms with E-state index in [0.717, 1.165) is 11.1 Å². The summed E-state index contributed by atoms with van der Waals surface area (Å²) in [5.74, 6) is -0.119. The van der Waals surface area contributed by atoms with E-state index in [0.29, 0.717) is 6.42 Å². The summed E-state index contributed by atoms with van der Waals surface area (Å²) in [4.78, 5) is 12.2. The van der Waals surface area contributed by atoms with Gasteiger partial charge < -0.3 is 11.1 Å². The molecule has 21 heavy (non-hydrogen) atoms. The number of aryl methyl sites for hydroxylation is 1. The zero-order chi connectivity index (χ0) is 15.2. The number of nitrogens with one attached hydrogen (secondary N) is 1. The lowest BCUT2D eigenvalue weighted by molar-refractivity contribution is -0.123. The van der Waals surface area contributed by atoms with E-state index in [1.807, 2.05) is 68.4 Å². The van der Waals surface area contributed by atoms with Crippen molar-refractivity contribution in [2.24, 2.45) is 5.73 Å². The number of carbonyl (C=O) groups is 1. The minimum absolute atomic E-state index is 0.0417. The molecule has 0 aliphatic rings. The number of nitrogens with two attached hydrogens (primary N) is 1. The Balaban J connectivity index is 1.92. The van der Waals surface area contributed by atoms with Crippen molar-refractivity contribution in [3.63, 3.8) is 0 Å². The van der Waals surface area contributed by atoms with Gasteiger partial charge in [0.25, 0.3) is 0 Å². The van der Waals surface area contributed by atoms with Crippen LogP contribution in [0.2, 0.25) is 0 Å². The molecule has 2 atom stereocenters. The fraction of sp³-hybridized carbons (Fsp3) is 0.278. The van der Waals surface area contributed by atoms with Crippen LogP contribution in [0.5, 0.6) is 0 Å². The molecule has 2 rings (SSSR count). The van der Waals surface area contributed by atoms with E-state index >= 15 is 0 Å². The van der Waals surface area contributed by atoms with Crippen molar-refractivity contribution in [1.82, 2.24) is 5.32 Å². The van der Waals surface area contributed by atoms with Crippen molar-refractivity contribution in [3.8, 4) is 0 Å². The molecule has 1 unspecified atom stereocenters. The second-order valence-corrected chi connectivity index (χ2v) is 5.44. The molecule has 0 radical (unpaired) electrons. The lowest BCUT2D eigenvalue weighted by Crippen LogP contribution is -2.42. The third-order valence-electron chi connectivity index (χ3n) is 3.57. The van der Waals surface area contributed by atoms with Crippen LogP contribution in [0.4, 0.5) is 0 Å². The minimum atomic E-state index is -0.528. The number of hydrogen-bond donors (Lipinski definition) is 2. The van der Waals surface area contributed by atoms with Gasteiger partial charge in [0.2, 0.25) is 5.91 Å². The Bertz CT molecular complexity index is 578. The van der Waals surface area contributed by atoms with Crippen molar-refractivity contribution >= 4 is 5.91 Å². The first kappa shape index (κ1) is 15.3. The van der Waals surface area contributed by atoms with Gasteiger partial charge in [0, 0.05) is 0 Å². The van der Waals surface area contributed by atoms with Crippen LogP contribution in [-0.2, 0) is 11.2 Å². The molecule has 3 nitrogen and oxygen atoms in total. The predicted molar refractivity (Wildman–Crippen MR) is 85.9 cm³/mol. The lowest BCUT2D eigenvalue weighted by atomic mass is 10.0. The molecule has 2 aromatic rings. The van der Waals surface area contributed by atoms with Gasteiger partial charge in [0.1, 0.15) is 0 Å². The Morgan fingerprint density at radius 3 is 2.33 bits per heavy atom. The Morgan fingerprint density at radius 2 is 1.71 bits per heavy atom. The zero-order valence-electron chi connectivity index (χ0n) is 12.5.